The number of fused-ring (bicyclic) bond motifs is 2. The summed E-state index contributed by atoms with van der Waals surface area (Å²) in [5.41, 5.74) is 1.26. The summed E-state index contributed by atoms with van der Waals surface area (Å²) in [6, 6.07) is 0. The summed E-state index contributed by atoms with van der Waals surface area (Å²) >= 11 is 0. The highest BCUT2D eigenvalue weighted by Gasteiger charge is 2.53. The molecule has 0 saturated carbocycles. The fourth-order valence-electron chi connectivity index (χ4n) is 4.29. The van der Waals surface area contributed by atoms with E-state index in [4.69, 9.17) is 9.47 Å². The Morgan fingerprint density at radius 1 is 1.50 bits per heavy atom. The molecular weight excluding hydrogens is 302 g/mol. The lowest BCUT2D eigenvalue weighted by Gasteiger charge is -2.54. The molecule has 0 spiro atoms. The molecule has 1 amide bonds. The van der Waals surface area contributed by atoms with Crippen LogP contribution in [0.2, 0.25) is 0 Å². The highest BCUT2D eigenvalue weighted by Crippen LogP contribution is 2.52. The predicted molar refractivity (Wildman–Crippen MR) is 96.8 cm³/mol. The molecule has 2 bridgehead atoms. The van der Waals surface area contributed by atoms with Gasteiger partial charge in [0.15, 0.2) is 0 Å². The number of ether oxygens (including phenoxy) is 2. The maximum atomic E-state index is 12.0. The van der Waals surface area contributed by atoms with E-state index in [0.29, 0.717) is 37.5 Å². The van der Waals surface area contributed by atoms with Crippen LogP contribution in [0, 0.1) is 23.2 Å². The Morgan fingerprint density at radius 3 is 2.92 bits per heavy atom. The van der Waals surface area contributed by atoms with Crippen molar-refractivity contribution in [1.82, 2.24) is 5.32 Å². The van der Waals surface area contributed by atoms with Crippen molar-refractivity contribution >= 4 is 6.09 Å². The Hall–Kier alpha value is -1.29. The predicted octanol–water partition coefficient (Wildman–Crippen LogP) is 4.32. The van der Waals surface area contributed by atoms with Gasteiger partial charge in [0.05, 0.1) is 12.7 Å². The van der Waals surface area contributed by atoms with Crippen molar-refractivity contribution < 1.29 is 14.3 Å². The minimum Gasteiger partial charge on any atom is -0.449 e. The lowest BCUT2D eigenvalue weighted by Crippen LogP contribution is -2.56. The maximum absolute atomic E-state index is 12.0. The Morgan fingerprint density at radius 2 is 2.25 bits per heavy atom. The lowest BCUT2D eigenvalue weighted by molar-refractivity contribution is -0.149. The van der Waals surface area contributed by atoms with Gasteiger partial charge < -0.3 is 14.8 Å². The highest BCUT2D eigenvalue weighted by molar-refractivity contribution is 5.67. The average Bonchev–Trinajstić information content (AvgIpc) is 2.53. The number of hydrogen-bond acceptors (Lipinski definition) is 3. The van der Waals surface area contributed by atoms with Crippen molar-refractivity contribution in [3.8, 4) is 0 Å². The number of carbonyl (C=O) groups excluding carboxylic acids is 1. The molecule has 1 N–H and O–H groups in total. The summed E-state index contributed by atoms with van der Waals surface area (Å²) in [4.78, 5) is 12.0. The Bertz CT molecular complexity index is 499. The van der Waals surface area contributed by atoms with E-state index in [1.807, 2.05) is 6.92 Å². The zero-order valence-electron chi connectivity index (χ0n) is 15.8. The van der Waals surface area contributed by atoms with Gasteiger partial charge in [0.25, 0.3) is 0 Å². The summed E-state index contributed by atoms with van der Waals surface area (Å²) in [5.74, 6) is 1.10. The zero-order chi connectivity index (χ0) is 17.7. The van der Waals surface area contributed by atoms with E-state index in [1.54, 1.807) is 0 Å². The third-order valence-electron chi connectivity index (χ3n) is 5.94. The number of allylic oxidation sites excluding steroid dienone is 2. The van der Waals surface area contributed by atoms with E-state index < -0.39 is 0 Å². The molecule has 4 nitrogen and oxygen atoms in total. The zero-order valence-corrected chi connectivity index (χ0v) is 15.8. The molecule has 4 heteroatoms. The van der Waals surface area contributed by atoms with Gasteiger partial charge in [-0.1, -0.05) is 51.0 Å². The third-order valence-corrected chi connectivity index (χ3v) is 5.94. The molecule has 0 aromatic heterocycles. The monoisotopic (exact) mass is 335 g/mol. The number of alkyl carbamates (subject to hydrolysis) is 1. The van der Waals surface area contributed by atoms with Crippen LogP contribution in [0.25, 0.3) is 0 Å². The molecule has 0 radical (unpaired) electrons. The van der Waals surface area contributed by atoms with E-state index in [0.717, 1.165) is 12.8 Å². The lowest BCUT2D eigenvalue weighted by atomic mass is 9.56. The van der Waals surface area contributed by atoms with Crippen molar-refractivity contribution in [3.63, 3.8) is 0 Å². The van der Waals surface area contributed by atoms with E-state index >= 15 is 0 Å². The van der Waals surface area contributed by atoms with Gasteiger partial charge in [0.1, 0.15) is 6.61 Å². The molecule has 5 unspecified atom stereocenters. The number of amides is 1. The first kappa shape index (κ1) is 19.0. The number of nitrogens with one attached hydrogen (secondary N) is 1. The molecule has 2 aliphatic rings. The summed E-state index contributed by atoms with van der Waals surface area (Å²) in [6.07, 6.45) is 8.41. The van der Waals surface area contributed by atoms with Crippen LogP contribution in [0.1, 0.15) is 47.5 Å². The van der Waals surface area contributed by atoms with Gasteiger partial charge in [-0.25, -0.2) is 4.79 Å². The van der Waals surface area contributed by atoms with Crippen molar-refractivity contribution in [1.29, 1.82) is 0 Å². The Labute approximate surface area is 146 Å². The topological polar surface area (TPSA) is 47.6 Å². The quantitative estimate of drug-likeness (QED) is 0.581. The largest absolute Gasteiger partial charge is 0.449 e. The van der Waals surface area contributed by atoms with Crippen LogP contribution in [0.3, 0.4) is 0 Å². The Kier molecular flexibility index (Phi) is 6.50. The van der Waals surface area contributed by atoms with Crippen LogP contribution in [0.4, 0.5) is 4.79 Å². The summed E-state index contributed by atoms with van der Waals surface area (Å²) in [7, 11) is 0. The molecule has 24 heavy (non-hydrogen) atoms. The molecular formula is C20H33NO3. The number of rotatable bonds is 6. The highest BCUT2D eigenvalue weighted by atomic mass is 16.6. The minimum absolute atomic E-state index is 0.125. The van der Waals surface area contributed by atoms with E-state index in [2.05, 4.69) is 51.2 Å². The molecule has 0 aromatic carbocycles. The average molecular weight is 335 g/mol. The second-order valence-electron chi connectivity index (χ2n) is 7.40. The van der Waals surface area contributed by atoms with Crippen molar-refractivity contribution in [2.75, 3.05) is 19.8 Å². The number of unbranched alkanes of at least 4 members (excludes halogenated alkanes) is 1. The smallest absolute Gasteiger partial charge is 0.407 e. The van der Waals surface area contributed by atoms with Crippen molar-refractivity contribution in [2.45, 2.75) is 53.6 Å². The van der Waals surface area contributed by atoms with Gasteiger partial charge in [0.2, 0.25) is 0 Å². The van der Waals surface area contributed by atoms with Crippen molar-refractivity contribution in [2.24, 2.45) is 23.2 Å². The standard InChI is InChI=1S/C20H33NO3/c1-6-8-10-21-19(22)24-13-20-12-23-17(9-7-2)18(16(20)5)14(3)11-15(20)4/h7,9,11,15-18H,6,8,10,12-13H2,1-5H3,(H,21,22). The second kappa shape index (κ2) is 8.19. The number of hydrogen-bond donors (Lipinski definition) is 1. The fourth-order valence-corrected chi connectivity index (χ4v) is 4.29. The van der Waals surface area contributed by atoms with Gasteiger partial charge in [-0.3, -0.25) is 0 Å². The van der Waals surface area contributed by atoms with E-state index in [9.17, 15) is 4.79 Å². The van der Waals surface area contributed by atoms with Gasteiger partial charge in [-0.2, -0.15) is 0 Å². The SMILES string of the molecule is CC=CC1OCC2(COC(=O)NCCCC)C(C)C=C(C)C1C2C. The summed E-state index contributed by atoms with van der Waals surface area (Å²) < 4.78 is 11.8. The van der Waals surface area contributed by atoms with Gasteiger partial charge in [0, 0.05) is 17.9 Å². The van der Waals surface area contributed by atoms with Crippen LogP contribution in [0.15, 0.2) is 23.8 Å². The second-order valence-corrected chi connectivity index (χ2v) is 7.40. The fraction of sp³-hybridized carbons (Fsp3) is 0.750. The van der Waals surface area contributed by atoms with E-state index in [-0.39, 0.29) is 17.6 Å². The van der Waals surface area contributed by atoms with Crippen LogP contribution in [-0.4, -0.2) is 32.0 Å². The Balaban J connectivity index is 2.09. The van der Waals surface area contributed by atoms with E-state index in [1.165, 1.54) is 5.57 Å². The maximum Gasteiger partial charge on any atom is 0.407 e. The third kappa shape index (κ3) is 3.69. The molecule has 5 atom stereocenters. The number of carbonyl (C=O) groups is 1. The van der Waals surface area contributed by atoms with Gasteiger partial charge in [-0.05, 0) is 32.1 Å². The first-order valence-corrected chi connectivity index (χ1v) is 9.29. The molecule has 136 valence electrons. The summed E-state index contributed by atoms with van der Waals surface area (Å²) in [5, 5.41) is 2.83. The van der Waals surface area contributed by atoms with Gasteiger partial charge >= 0.3 is 6.09 Å². The van der Waals surface area contributed by atoms with Crippen LogP contribution in [0.5, 0.6) is 0 Å². The first-order valence-electron chi connectivity index (χ1n) is 9.29. The van der Waals surface area contributed by atoms with Crippen molar-refractivity contribution in [3.05, 3.63) is 23.8 Å². The normalized spacial score (nSPS) is 35.6. The van der Waals surface area contributed by atoms with Crippen LogP contribution in [-0.2, 0) is 9.47 Å². The first-order chi connectivity index (χ1) is 11.5. The molecule has 0 aromatic rings. The molecule has 1 fully saturated rings. The molecule has 1 heterocycles. The van der Waals surface area contributed by atoms with Crippen LogP contribution >= 0.6 is 0 Å². The molecule has 1 aliphatic carbocycles. The molecule has 2 rings (SSSR count). The molecule has 1 aliphatic heterocycles. The molecule has 1 saturated heterocycles. The van der Waals surface area contributed by atoms with Gasteiger partial charge in [-0.15, -0.1) is 0 Å². The minimum atomic E-state index is -0.310. The summed E-state index contributed by atoms with van der Waals surface area (Å²) in [6.45, 7) is 12.6. The van der Waals surface area contributed by atoms with Crippen LogP contribution < -0.4 is 5.32 Å².